The van der Waals surface area contributed by atoms with E-state index in [1.807, 2.05) is 0 Å². The highest BCUT2D eigenvalue weighted by atomic mass is 16.5. The Morgan fingerprint density at radius 3 is 2.10 bits per heavy atom. The van der Waals surface area contributed by atoms with Gasteiger partial charge in [-0.1, -0.05) is 13.8 Å². The molecule has 0 aliphatic carbocycles. The first-order valence-corrected chi connectivity index (χ1v) is 7.87. The van der Waals surface area contributed by atoms with E-state index >= 15 is 0 Å². The van der Waals surface area contributed by atoms with Crippen LogP contribution in [0.25, 0.3) is 0 Å². The highest BCUT2D eigenvalue weighted by molar-refractivity contribution is 5.72. The highest BCUT2D eigenvalue weighted by Crippen LogP contribution is 2.47. The summed E-state index contributed by atoms with van der Waals surface area (Å²) in [6, 6.07) is 0. The minimum atomic E-state index is -0.282. The van der Waals surface area contributed by atoms with E-state index in [2.05, 4.69) is 46.4 Å². The van der Waals surface area contributed by atoms with Crippen LogP contribution < -0.4 is 0 Å². The molecule has 4 nitrogen and oxygen atoms in total. The Bertz CT molecular complexity index is 365. The van der Waals surface area contributed by atoms with Crippen molar-refractivity contribution in [1.29, 1.82) is 0 Å². The van der Waals surface area contributed by atoms with Gasteiger partial charge < -0.3 is 9.53 Å². The van der Waals surface area contributed by atoms with Gasteiger partial charge in [0.15, 0.2) is 0 Å². The van der Waals surface area contributed by atoms with Crippen LogP contribution in [-0.2, 0) is 14.3 Å². The maximum atomic E-state index is 11.5. The normalized spacial score (nSPS) is 23.5. The Kier molecular flexibility index (Phi) is 5.59. The smallest absolute Gasteiger partial charge is 0.306 e. The van der Waals surface area contributed by atoms with Crippen LogP contribution in [0.4, 0.5) is 0 Å². The Morgan fingerprint density at radius 2 is 1.62 bits per heavy atom. The minimum Gasteiger partial charge on any atom is -0.464 e. The van der Waals surface area contributed by atoms with Crippen LogP contribution in [0.2, 0.25) is 0 Å². The third-order valence-electron chi connectivity index (χ3n) is 4.33. The molecule has 0 N–H and O–H groups in total. The molecule has 0 radical (unpaired) electrons. The number of nitrogens with zero attached hydrogens (tertiary/aromatic N) is 1. The number of aldehydes is 1. The number of hydrogen-bond donors (Lipinski definition) is 0. The summed E-state index contributed by atoms with van der Waals surface area (Å²) in [5.41, 5.74) is 0.491. The molecule has 1 saturated heterocycles. The minimum absolute atomic E-state index is 0.0838. The van der Waals surface area contributed by atoms with Crippen molar-refractivity contribution in [1.82, 2.24) is 4.90 Å². The summed E-state index contributed by atoms with van der Waals surface area (Å²) in [6.45, 7) is 14.9. The van der Waals surface area contributed by atoms with Gasteiger partial charge in [-0.3, -0.25) is 9.69 Å². The molecule has 1 fully saturated rings. The lowest BCUT2D eigenvalue weighted by Crippen LogP contribution is -2.63. The molecular weight excluding hydrogens is 266 g/mol. The molecule has 1 rings (SSSR count). The molecule has 0 aromatic carbocycles. The monoisotopic (exact) mass is 297 g/mol. The average molecular weight is 297 g/mol. The molecular formula is C17H31NO3. The molecule has 1 aliphatic heterocycles. The van der Waals surface area contributed by atoms with Gasteiger partial charge in [0, 0.05) is 24.0 Å². The quantitative estimate of drug-likeness (QED) is 0.558. The van der Waals surface area contributed by atoms with Gasteiger partial charge in [-0.2, -0.15) is 0 Å². The van der Waals surface area contributed by atoms with Gasteiger partial charge in [-0.15, -0.1) is 0 Å². The molecule has 4 heteroatoms. The number of esters is 1. The van der Waals surface area contributed by atoms with Gasteiger partial charge in [-0.25, -0.2) is 0 Å². The lowest BCUT2D eigenvalue weighted by molar-refractivity contribution is -0.147. The summed E-state index contributed by atoms with van der Waals surface area (Å²) in [7, 11) is 0. The number of rotatable bonds is 6. The Balaban J connectivity index is 2.60. The molecule has 0 aromatic heterocycles. The zero-order valence-electron chi connectivity index (χ0n) is 14.5. The fraction of sp³-hybridized carbons (Fsp3) is 0.882. The van der Waals surface area contributed by atoms with E-state index in [0.717, 1.165) is 25.7 Å². The summed E-state index contributed by atoms with van der Waals surface area (Å²) in [4.78, 5) is 24.2. The van der Waals surface area contributed by atoms with Gasteiger partial charge in [-0.05, 0) is 46.0 Å². The first-order chi connectivity index (χ1) is 9.50. The van der Waals surface area contributed by atoms with Crippen LogP contribution in [0.3, 0.4) is 0 Å². The van der Waals surface area contributed by atoms with Crippen molar-refractivity contribution in [3.8, 4) is 0 Å². The van der Waals surface area contributed by atoms with Crippen molar-refractivity contribution in [2.45, 2.75) is 78.3 Å². The fourth-order valence-corrected chi connectivity index (χ4v) is 4.52. The van der Waals surface area contributed by atoms with E-state index in [9.17, 15) is 9.59 Å². The second-order valence-electron chi connectivity index (χ2n) is 8.22. The largest absolute Gasteiger partial charge is 0.464 e. The number of ether oxygens (including phenoxy) is 1. The van der Waals surface area contributed by atoms with Crippen LogP contribution in [0.1, 0.15) is 67.2 Å². The molecule has 0 amide bonds. The predicted molar refractivity (Wildman–Crippen MR) is 84.1 cm³/mol. The van der Waals surface area contributed by atoms with E-state index in [4.69, 9.17) is 4.74 Å². The molecule has 122 valence electrons. The molecule has 1 heterocycles. The van der Waals surface area contributed by atoms with E-state index < -0.39 is 0 Å². The number of hydrogen-bond acceptors (Lipinski definition) is 4. The van der Waals surface area contributed by atoms with Crippen LogP contribution in [-0.4, -0.2) is 41.4 Å². The maximum absolute atomic E-state index is 11.5. The van der Waals surface area contributed by atoms with E-state index in [1.54, 1.807) is 0 Å². The van der Waals surface area contributed by atoms with Gasteiger partial charge in [0.05, 0.1) is 6.42 Å². The van der Waals surface area contributed by atoms with Crippen LogP contribution in [0, 0.1) is 5.41 Å². The zero-order valence-corrected chi connectivity index (χ0v) is 14.5. The molecule has 1 aliphatic rings. The summed E-state index contributed by atoms with van der Waals surface area (Å²) >= 11 is 0. The first-order valence-electron chi connectivity index (χ1n) is 7.87. The summed E-state index contributed by atoms with van der Waals surface area (Å²) in [6.07, 6.45) is 3.43. The fourth-order valence-electron chi connectivity index (χ4n) is 4.52. The standard InChI is InChI=1S/C17H31NO3/c1-15(2)12-16(3,4)18(17(5,6)13-15)9-11-21-14(20)8-7-10-19/h10H,7-9,11-13H2,1-6H3. The number of carbonyl (C=O) groups excluding carboxylic acids is 2. The van der Waals surface area contributed by atoms with Crippen LogP contribution in [0.15, 0.2) is 0 Å². The molecule has 0 saturated carbocycles. The van der Waals surface area contributed by atoms with Crippen molar-refractivity contribution < 1.29 is 14.3 Å². The molecule has 0 atom stereocenters. The molecule has 0 aromatic rings. The number of likely N-dealkylation sites (tertiary alicyclic amines) is 1. The van der Waals surface area contributed by atoms with Gasteiger partial charge in [0.2, 0.25) is 0 Å². The Labute approximate surface area is 129 Å². The second-order valence-corrected chi connectivity index (χ2v) is 8.22. The van der Waals surface area contributed by atoms with Gasteiger partial charge in [0.25, 0.3) is 0 Å². The van der Waals surface area contributed by atoms with Crippen molar-refractivity contribution in [2.75, 3.05) is 13.2 Å². The van der Waals surface area contributed by atoms with Crippen LogP contribution in [0.5, 0.6) is 0 Å². The van der Waals surface area contributed by atoms with Crippen molar-refractivity contribution >= 4 is 12.3 Å². The van der Waals surface area contributed by atoms with E-state index in [1.165, 1.54) is 0 Å². The van der Waals surface area contributed by atoms with E-state index in [0.29, 0.717) is 12.0 Å². The average Bonchev–Trinajstić information content (AvgIpc) is 2.26. The summed E-state index contributed by atoms with van der Waals surface area (Å²) in [5, 5.41) is 0. The highest BCUT2D eigenvalue weighted by Gasteiger charge is 2.47. The second kappa shape index (κ2) is 6.47. The molecule has 0 spiro atoms. The zero-order chi connectivity index (χ0) is 16.3. The Morgan fingerprint density at radius 1 is 1.10 bits per heavy atom. The maximum Gasteiger partial charge on any atom is 0.306 e. The predicted octanol–water partition coefficient (Wildman–Crippen LogP) is 3.19. The number of carbonyl (C=O) groups is 2. The third-order valence-corrected chi connectivity index (χ3v) is 4.33. The molecule has 0 bridgehead atoms. The summed E-state index contributed by atoms with van der Waals surface area (Å²) in [5.74, 6) is -0.282. The lowest BCUT2D eigenvalue weighted by atomic mass is 9.66. The SMILES string of the molecule is CC1(C)CC(C)(C)N(CCOC(=O)CCC=O)C(C)(C)C1. The third kappa shape index (κ3) is 5.10. The lowest BCUT2D eigenvalue weighted by Gasteiger charge is -2.58. The van der Waals surface area contributed by atoms with Crippen molar-refractivity contribution in [3.05, 3.63) is 0 Å². The number of piperidine rings is 1. The topological polar surface area (TPSA) is 46.6 Å². The Hall–Kier alpha value is -0.900. The van der Waals surface area contributed by atoms with Crippen LogP contribution >= 0.6 is 0 Å². The first kappa shape index (κ1) is 18.1. The summed E-state index contributed by atoms with van der Waals surface area (Å²) < 4.78 is 5.25. The van der Waals surface area contributed by atoms with E-state index in [-0.39, 0.29) is 29.9 Å². The molecule has 0 unspecified atom stereocenters. The molecule has 21 heavy (non-hydrogen) atoms. The van der Waals surface area contributed by atoms with Gasteiger partial charge >= 0.3 is 5.97 Å². The van der Waals surface area contributed by atoms with Gasteiger partial charge in [0.1, 0.15) is 12.9 Å². The van der Waals surface area contributed by atoms with Crippen molar-refractivity contribution in [2.24, 2.45) is 5.41 Å². The van der Waals surface area contributed by atoms with Crippen molar-refractivity contribution in [3.63, 3.8) is 0 Å².